The average Bonchev–Trinajstić information content (AvgIpc) is 3.54. The molecule has 9 nitrogen and oxygen atoms in total. The van der Waals surface area contributed by atoms with Crippen LogP contribution in [0.1, 0.15) is 31.7 Å². The standard InChI is InChI=1S/C26H27FN6O3S/c1-26(2,3)28-25(35)23(21-9-6-14-37-21)33(19-7-5-8-20(15-19)36-4)22(34)16-32-30-24(29-31-32)17-10-12-18(27)13-11-17/h5-15,23H,16H2,1-4H3,(H,28,35). The molecule has 11 heteroatoms. The van der Waals surface area contributed by atoms with Crippen molar-refractivity contribution in [1.82, 2.24) is 25.5 Å². The van der Waals surface area contributed by atoms with Crippen molar-refractivity contribution in [3.63, 3.8) is 0 Å². The number of ether oxygens (including phenoxy) is 1. The number of benzene rings is 2. The Morgan fingerprint density at radius 3 is 2.54 bits per heavy atom. The summed E-state index contributed by atoms with van der Waals surface area (Å²) in [6.07, 6.45) is 0. The maximum atomic E-state index is 13.8. The molecular weight excluding hydrogens is 495 g/mol. The van der Waals surface area contributed by atoms with Gasteiger partial charge in [0.25, 0.3) is 5.91 Å². The molecule has 0 bridgehead atoms. The zero-order valence-electron chi connectivity index (χ0n) is 20.9. The van der Waals surface area contributed by atoms with E-state index in [1.165, 1.54) is 47.6 Å². The summed E-state index contributed by atoms with van der Waals surface area (Å²) in [4.78, 5) is 30.7. The lowest BCUT2D eigenvalue weighted by Gasteiger charge is -2.33. The van der Waals surface area contributed by atoms with Crippen molar-refractivity contribution in [3.8, 4) is 17.1 Å². The molecule has 2 aromatic heterocycles. The van der Waals surface area contributed by atoms with Crippen LogP contribution >= 0.6 is 11.3 Å². The number of halogens is 1. The number of hydrogen-bond acceptors (Lipinski definition) is 7. The first kappa shape index (κ1) is 26.0. The van der Waals surface area contributed by atoms with Crippen LogP contribution in [0.15, 0.2) is 66.0 Å². The van der Waals surface area contributed by atoms with Crippen molar-refractivity contribution in [3.05, 3.63) is 76.7 Å². The molecule has 0 saturated heterocycles. The molecule has 0 aliphatic carbocycles. The van der Waals surface area contributed by atoms with Gasteiger partial charge in [-0.15, -0.1) is 21.5 Å². The van der Waals surface area contributed by atoms with Gasteiger partial charge in [0, 0.05) is 27.7 Å². The fourth-order valence-electron chi connectivity index (χ4n) is 3.68. The van der Waals surface area contributed by atoms with Gasteiger partial charge in [0.1, 0.15) is 24.2 Å². The van der Waals surface area contributed by atoms with Crippen LogP contribution in [-0.4, -0.2) is 44.7 Å². The predicted molar refractivity (Wildman–Crippen MR) is 139 cm³/mol. The summed E-state index contributed by atoms with van der Waals surface area (Å²) in [7, 11) is 1.53. The van der Waals surface area contributed by atoms with Crippen molar-refractivity contribution in [2.24, 2.45) is 0 Å². The molecule has 0 aliphatic rings. The van der Waals surface area contributed by atoms with Gasteiger partial charge >= 0.3 is 0 Å². The third-order valence-corrected chi connectivity index (χ3v) is 6.17. The van der Waals surface area contributed by atoms with Gasteiger partial charge in [-0.25, -0.2) is 4.39 Å². The summed E-state index contributed by atoms with van der Waals surface area (Å²) in [5.41, 5.74) is 0.518. The van der Waals surface area contributed by atoms with E-state index in [9.17, 15) is 14.0 Å². The van der Waals surface area contributed by atoms with E-state index in [1.54, 1.807) is 24.3 Å². The zero-order chi connectivity index (χ0) is 26.6. The third-order valence-electron chi connectivity index (χ3n) is 5.25. The largest absolute Gasteiger partial charge is 0.497 e. The lowest BCUT2D eigenvalue weighted by Crippen LogP contribution is -2.50. The van der Waals surface area contributed by atoms with E-state index < -0.39 is 17.5 Å². The number of tetrazole rings is 1. The first-order chi connectivity index (χ1) is 17.6. The monoisotopic (exact) mass is 522 g/mol. The Labute approximate surface area is 217 Å². The predicted octanol–water partition coefficient (Wildman–Crippen LogP) is 4.24. The van der Waals surface area contributed by atoms with Gasteiger partial charge in [-0.2, -0.15) is 4.80 Å². The van der Waals surface area contributed by atoms with Crippen LogP contribution in [-0.2, 0) is 16.1 Å². The molecule has 1 unspecified atom stereocenters. The second-order valence-corrected chi connectivity index (χ2v) is 10.3. The number of methoxy groups -OCH3 is 1. The Morgan fingerprint density at radius 2 is 1.89 bits per heavy atom. The summed E-state index contributed by atoms with van der Waals surface area (Å²) < 4.78 is 18.7. The van der Waals surface area contributed by atoms with Gasteiger partial charge in [-0.05, 0) is 73.8 Å². The number of rotatable bonds is 8. The van der Waals surface area contributed by atoms with E-state index >= 15 is 0 Å². The second-order valence-electron chi connectivity index (χ2n) is 9.27. The summed E-state index contributed by atoms with van der Waals surface area (Å²) in [6, 6.07) is 15.3. The molecule has 2 aromatic carbocycles. The van der Waals surface area contributed by atoms with Crippen LogP contribution < -0.4 is 15.0 Å². The quantitative estimate of drug-likeness (QED) is 0.371. The fraction of sp³-hybridized carbons (Fsp3) is 0.269. The van der Waals surface area contributed by atoms with E-state index in [2.05, 4.69) is 20.7 Å². The second kappa shape index (κ2) is 10.9. The topological polar surface area (TPSA) is 102 Å². The molecule has 4 aromatic rings. The highest BCUT2D eigenvalue weighted by molar-refractivity contribution is 7.10. The molecule has 1 N–H and O–H groups in total. The average molecular weight is 523 g/mol. The molecule has 4 rings (SSSR count). The first-order valence-electron chi connectivity index (χ1n) is 11.5. The molecule has 0 aliphatic heterocycles. The maximum Gasteiger partial charge on any atom is 0.251 e. The van der Waals surface area contributed by atoms with Crippen LogP contribution in [0.3, 0.4) is 0 Å². The molecule has 0 saturated carbocycles. The number of carbonyl (C=O) groups excluding carboxylic acids is 2. The van der Waals surface area contributed by atoms with Gasteiger partial charge in [0.05, 0.1) is 7.11 Å². The SMILES string of the molecule is COc1cccc(N(C(=O)Cn2nnc(-c3ccc(F)cc3)n2)C(C(=O)NC(C)(C)C)c2cccs2)c1. The van der Waals surface area contributed by atoms with E-state index in [1.807, 2.05) is 38.3 Å². The molecule has 2 amide bonds. The van der Waals surface area contributed by atoms with E-state index in [-0.39, 0.29) is 24.1 Å². The summed E-state index contributed by atoms with van der Waals surface area (Å²) >= 11 is 1.38. The number of aromatic nitrogens is 4. The maximum absolute atomic E-state index is 13.8. The molecule has 192 valence electrons. The van der Waals surface area contributed by atoms with Gasteiger partial charge in [0.15, 0.2) is 0 Å². The number of amides is 2. The number of anilines is 1. The number of nitrogens with zero attached hydrogens (tertiary/aromatic N) is 5. The lowest BCUT2D eigenvalue weighted by atomic mass is 10.1. The van der Waals surface area contributed by atoms with Gasteiger partial charge in [0.2, 0.25) is 11.7 Å². The highest BCUT2D eigenvalue weighted by Crippen LogP contribution is 2.33. The van der Waals surface area contributed by atoms with Crippen LogP contribution in [0.25, 0.3) is 11.4 Å². The normalized spacial score (nSPS) is 12.1. The van der Waals surface area contributed by atoms with Gasteiger partial charge < -0.3 is 10.1 Å². The molecule has 37 heavy (non-hydrogen) atoms. The molecule has 1 atom stereocenters. The Hall–Kier alpha value is -4.12. The minimum atomic E-state index is -0.945. The summed E-state index contributed by atoms with van der Waals surface area (Å²) in [6.45, 7) is 5.36. The molecule has 0 fully saturated rings. The number of hydrogen-bond donors (Lipinski definition) is 1. The minimum Gasteiger partial charge on any atom is -0.497 e. The molecule has 0 spiro atoms. The third kappa shape index (κ3) is 6.36. The van der Waals surface area contributed by atoms with Crippen molar-refractivity contribution >= 4 is 28.8 Å². The number of carbonyl (C=O) groups is 2. The Balaban J connectivity index is 1.72. The van der Waals surface area contributed by atoms with Crippen molar-refractivity contribution in [1.29, 1.82) is 0 Å². The highest BCUT2D eigenvalue weighted by Gasteiger charge is 2.35. The summed E-state index contributed by atoms with van der Waals surface area (Å²) in [5, 5.41) is 17.1. The van der Waals surface area contributed by atoms with E-state index in [0.717, 1.165) is 4.80 Å². The first-order valence-corrected chi connectivity index (χ1v) is 12.4. The van der Waals surface area contributed by atoms with Crippen LogP contribution in [0.2, 0.25) is 0 Å². The zero-order valence-corrected chi connectivity index (χ0v) is 21.7. The van der Waals surface area contributed by atoms with E-state index in [0.29, 0.717) is 21.9 Å². The highest BCUT2D eigenvalue weighted by atomic mass is 32.1. The van der Waals surface area contributed by atoms with Crippen molar-refractivity contribution in [2.75, 3.05) is 12.0 Å². The van der Waals surface area contributed by atoms with Crippen LogP contribution in [0.5, 0.6) is 5.75 Å². The van der Waals surface area contributed by atoms with Crippen molar-refractivity contribution < 1.29 is 18.7 Å². The minimum absolute atomic E-state index is 0.251. The summed E-state index contributed by atoms with van der Waals surface area (Å²) in [5.74, 6) is -0.355. The van der Waals surface area contributed by atoms with Crippen LogP contribution in [0, 0.1) is 5.82 Å². The number of thiophene rings is 1. The molecule has 2 heterocycles. The number of nitrogens with one attached hydrogen (secondary N) is 1. The Morgan fingerprint density at radius 1 is 1.14 bits per heavy atom. The smallest absolute Gasteiger partial charge is 0.251 e. The fourth-order valence-corrected chi connectivity index (χ4v) is 4.49. The van der Waals surface area contributed by atoms with Gasteiger partial charge in [-0.1, -0.05) is 12.1 Å². The molecular formula is C26H27FN6O3S. The lowest BCUT2D eigenvalue weighted by molar-refractivity contribution is -0.128. The van der Waals surface area contributed by atoms with Crippen LogP contribution in [0.4, 0.5) is 10.1 Å². The van der Waals surface area contributed by atoms with Crippen molar-refractivity contribution in [2.45, 2.75) is 38.9 Å². The van der Waals surface area contributed by atoms with E-state index in [4.69, 9.17) is 4.74 Å². The Bertz CT molecular complexity index is 1370. The molecule has 0 radical (unpaired) electrons. The Kier molecular flexibility index (Phi) is 7.63. The van der Waals surface area contributed by atoms with Gasteiger partial charge in [-0.3, -0.25) is 14.5 Å².